The van der Waals surface area contributed by atoms with Gasteiger partial charge in [0.25, 0.3) is 0 Å². The summed E-state index contributed by atoms with van der Waals surface area (Å²) in [5.41, 5.74) is 12.6. The minimum Gasteiger partial charge on any atom is -0.398 e. The number of nitrogens with zero attached hydrogens (tertiary/aromatic N) is 4. The molecule has 4 atom stereocenters. The summed E-state index contributed by atoms with van der Waals surface area (Å²) in [6, 6.07) is 20.8. The third-order valence-corrected chi connectivity index (χ3v) is 13.1. The van der Waals surface area contributed by atoms with E-state index in [-0.39, 0.29) is 53.6 Å². The Bertz CT molecular complexity index is 2310. The van der Waals surface area contributed by atoms with Crippen molar-refractivity contribution in [2.45, 2.75) is 76.8 Å². The Morgan fingerprint density at radius 3 is 1.50 bits per heavy atom. The predicted octanol–water partition coefficient (Wildman–Crippen LogP) is 8.69. The van der Waals surface area contributed by atoms with Crippen molar-refractivity contribution >= 4 is 64.6 Å². The van der Waals surface area contributed by atoms with E-state index in [9.17, 15) is 23.2 Å². The smallest absolute Gasteiger partial charge is 0.318 e. The van der Waals surface area contributed by atoms with Gasteiger partial charge in [0, 0.05) is 98.4 Å². The van der Waals surface area contributed by atoms with Crippen LogP contribution in [0.25, 0.3) is 12.2 Å². The van der Waals surface area contributed by atoms with E-state index in [1.54, 1.807) is 36.4 Å². The molecule has 0 saturated carbocycles. The number of fused-ring (bicyclic) bond motifs is 4. The highest BCUT2D eigenvalue weighted by Crippen LogP contribution is 2.34. The molecule has 4 amide bonds. The number of anilines is 2. The molecule has 4 aromatic rings. The Morgan fingerprint density at radius 2 is 1.06 bits per heavy atom. The topological polar surface area (TPSA) is 114 Å². The molecule has 8 rings (SSSR count). The van der Waals surface area contributed by atoms with Crippen molar-refractivity contribution < 1.29 is 23.2 Å². The van der Waals surface area contributed by atoms with Crippen LogP contribution in [0.4, 0.5) is 25.0 Å². The van der Waals surface area contributed by atoms with Gasteiger partial charge in [-0.15, -0.1) is 0 Å². The summed E-state index contributed by atoms with van der Waals surface area (Å²) in [7, 11) is 1.54. The molecule has 4 aliphatic heterocycles. The highest BCUT2D eigenvalue weighted by molar-refractivity contribution is 6.32. The summed E-state index contributed by atoms with van der Waals surface area (Å²) >= 11 is 12.3. The summed E-state index contributed by atoms with van der Waals surface area (Å²) in [6.07, 6.45) is 10.7. The lowest BCUT2D eigenvalue weighted by Gasteiger charge is -2.40. The van der Waals surface area contributed by atoms with E-state index >= 15 is 0 Å². The fraction of sp³-hybridized carbons (Fsp3) is 0.354. The molecule has 62 heavy (non-hydrogen) atoms. The quantitative estimate of drug-likeness (QED) is 0.115. The first kappa shape index (κ1) is 44.8. The summed E-state index contributed by atoms with van der Waals surface area (Å²) in [6.45, 7) is 8.63. The second kappa shape index (κ2) is 19.8. The molecule has 0 radical (unpaired) electrons. The van der Waals surface area contributed by atoms with Crippen LogP contribution in [0.1, 0.15) is 59.1 Å². The van der Waals surface area contributed by atoms with Gasteiger partial charge >= 0.3 is 6.03 Å². The van der Waals surface area contributed by atoms with E-state index in [1.807, 2.05) is 60.0 Å². The lowest BCUT2D eigenvalue weighted by molar-refractivity contribution is -0.132. The second-order valence-electron chi connectivity index (χ2n) is 16.7. The number of halogens is 4. The van der Waals surface area contributed by atoms with E-state index < -0.39 is 0 Å². The molecular weight excluding hydrogens is 831 g/mol. The fourth-order valence-electron chi connectivity index (χ4n) is 9.15. The number of hydrogen-bond donors (Lipinski definition) is 3. The molecule has 326 valence electrons. The predicted molar refractivity (Wildman–Crippen MR) is 244 cm³/mol. The van der Waals surface area contributed by atoms with Gasteiger partial charge in [0.2, 0.25) is 11.8 Å². The van der Waals surface area contributed by atoms with Crippen LogP contribution >= 0.6 is 23.2 Å². The Kier molecular flexibility index (Phi) is 14.3. The van der Waals surface area contributed by atoms with Crippen molar-refractivity contribution in [3.05, 3.63) is 140 Å². The van der Waals surface area contributed by atoms with Crippen LogP contribution in [0.2, 0.25) is 10.0 Å². The van der Waals surface area contributed by atoms with Crippen molar-refractivity contribution in [2.75, 3.05) is 44.3 Å². The van der Waals surface area contributed by atoms with Gasteiger partial charge in [-0.05, 0) is 134 Å². The normalized spacial score (nSPS) is 21.0. The highest BCUT2D eigenvalue weighted by atomic mass is 35.5. The zero-order valence-electron chi connectivity index (χ0n) is 35.2. The first-order chi connectivity index (χ1) is 29.7. The Balaban J connectivity index is 0.000000188. The van der Waals surface area contributed by atoms with Crippen LogP contribution in [0.15, 0.2) is 84.9 Å². The molecule has 4 bridgehead atoms. The number of carbonyl (C=O) groups excluding carboxylic acids is 3. The molecule has 4 aliphatic rings. The Hall–Kier alpha value is -5.27. The lowest BCUT2D eigenvalue weighted by Crippen LogP contribution is -2.55. The second-order valence-corrected chi connectivity index (χ2v) is 17.5. The number of hydrogen-bond acceptors (Lipinski definition) is 6. The summed E-state index contributed by atoms with van der Waals surface area (Å²) in [4.78, 5) is 46.6. The van der Waals surface area contributed by atoms with E-state index in [4.69, 9.17) is 28.9 Å². The largest absolute Gasteiger partial charge is 0.398 e. The number of nitrogens with one attached hydrogen (secondary N) is 2. The molecule has 4 aromatic carbocycles. The van der Waals surface area contributed by atoms with Crippen LogP contribution in [-0.2, 0) is 22.7 Å². The fourth-order valence-corrected chi connectivity index (χ4v) is 9.48. The summed E-state index contributed by atoms with van der Waals surface area (Å²) in [5, 5.41) is 6.44. The maximum Gasteiger partial charge on any atom is 0.318 e. The van der Waals surface area contributed by atoms with Crippen LogP contribution in [0, 0.1) is 25.5 Å². The average molecular weight is 885 g/mol. The number of carbonyl (C=O) groups is 3. The standard InChI is InChI=1S/C25H28ClFN4O2.C23H25ClFN3O/c1-16-11-18(23(12-22(16)26)29-25(33)28-2)5-10-24(32)31-20-8-9-21(31)15-30(14-20)13-17-3-6-19(27)7-4-17;1-15-10-17(22(26)11-21(15)24)4-9-23(29)28-19-7-8-20(28)14-27(13-19)12-16-2-5-18(25)6-3-16/h3-7,10-12,20-21H,8-9,13-15H2,1-2H3,(H2,28,29,33);2-6,9-11,19-20H,7-8,12-14,26H2,1H3/b10-5+;9-4+. The van der Waals surface area contributed by atoms with Gasteiger partial charge in [-0.1, -0.05) is 47.5 Å². The van der Waals surface area contributed by atoms with Crippen molar-refractivity contribution in [3.63, 3.8) is 0 Å². The molecule has 0 aromatic heterocycles. The molecule has 4 unspecified atom stereocenters. The maximum atomic E-state index is 13.2. The van der Waals surface area contributed by atoms with E-state index in [0.717, 1.165) is 98.3 Å². The van der Waals surface area contributed by atoms with E-state index in [0.29, 0.717) is 21.4 Å². The first-order valence-corrected chi connectivity index (χ1v) is 21.8. The van der Waals surface area contributed by atoms with Crippen LogP contribution in [-0.4, -0.2) is 94.8 Å². The maximum absolute atomic E-state index is 13.2. The minimum absolute atomic E-state index is 0.0255. The van der Waals surface area contributed by atoms with Crippen molar-refractivity contribution in [3.8, 4) is 0 Å². The van der Waals surface area contributed by atoms with Gasteiger partial charge in [-0.2, -0.15) is 0 Å². The SMILES string of the molecule is CNC(=O)Nc1cc(Cl)c(C)cc1/C=C/C(=O)N1C2CCC1CN(Cc1ccc(F)cc1)C2.Cc1cc(/C=C/C(=O)N2C3CCC2CN(Cc2ccc(F)cc2)C3)c(N)cc1Cl. The molecule has 14 heteroatoms. The number of amides is 4. The van der Waals surface area contributed by atoms with Gasteiger partial charge in [0.05, 0.1) is 5.69 Å². The van der Waals surface area contributed by atoms with Crippen molar-refractivity contribution in [1.29, 1.82) is 0 Å². The summed E-state index contributed by atoms with van der Waals surface area (Å²) in [5.74, 6) is -0.438. The molecule has 4 fully saturated rings. The first-order valence-electron chi connectivity index (χ1n) is 21.0. The number of nitrogens with two attached hydrogens (primary N) is 1. The van der Waals surface area contributed by atoms with Crippen molar-refractivity contribution in [2.24, 2.45) is 0 Å². The van der Waals surface area contributed by atoms with Gasteiger partial charge < -0.3 is 26.2 Å². The number of piperazine rings is 2. The monoisotopic (exact) mass is 883 g/mol. The van der Waals surface area contributed by atoms with E-state index in [2.05, 4.69) is 20.4 Å². The van der Waals surface area contributed by atoms with Crippen molar-refractivity contribution in [1.82, 2.24) is 24.9 Å². The van der Waals surface area contributed by atoms with Gasteiger partial charge in [-0.3, -0.25) is 19.4 Å². The average Bonchev–Trinajstić information content (AvgIpc) is 3.68. The number of aryl methyl sites for hydroxylation is 2. The zero-order valence-corrected chi connectivity index (χ0v) is 36.7. The molecule has 4 saturated heterocycles. The number of benzene rings is 4. The zero-order chi connectivity index (χ0) is 44.1. The van der Waals surface area contributed by atoms with Crippen LogP contribution in [0.5, 0.6) is 0 Å². The van der Waals surface area contributed by atoms with Gasteiger partial charge in [-0.25, -0.2) is 13.6 Å². The number of likely N-dealkylation sites (tertiary alicyclic amines) is 2. The molecule has 4 N–H and O–H groups in total. The molecule has 4 heterocycles. The van der Waals surface area contributed by atoms with Gasteiger partial charge in [0.1, 0.15) is 11.6 Å². The Morgan fingerprint density at radius 1 is 0.661 bits per heavy atom. The lowest BCUT2D eigenvalue weighted by atomic mass is 10.1. The molecule has 10 nitrogen and oxygen atoms in total. The minimum atomic E-state index is -0.355. The summed E-state index contributed by atoms with van der Waals surface area (Å²) < 4.78 is 26.3. The number of rotatable bonds is 9. The third-order valence-electron chi connectivity index (χ3n) is 12.2. The van der Waals surface area contributed by atoms with E-state index in [1.165, 1.54) is 31.3 Å². The third kappa shape index (κ3) is 10.8. The molecule has 0 spiro atoms. The molecule has 0 aliphatic carbocycles. The number of urea groups is 1. The van der Waals surface area contributed by atoms with Crippen LogP contribution < -0.4 is 16.4 Å². The number of nitrogen functional groups attached to an aromatic ring is 1. The van der Waals surface area contributed by atoms with Crippen LogP contribution in [0.3, 0.4) is 0 Å². The Labute approximate surface area is 372 Å². The van der Waals surface area contributed by atoms with Gasteiger partial charge in [0.15, 0.2) is 0 Å². The molecular formula is C48H53Cl2F2N7O3. The highest BCUT2D eigenvalue weighted by Gasteiger charge is 2.43.